The Bertz CT molecular complexity index is 1300. The maximum absolute atomic E-state index is 14.6. The van der Waals surface area contributed by atoms with Crippen molar-refractivity contribution in [3.8, 4) is 17.1 Å². The molecule has 2 N–H and O–H groups in total. The Kier molecular flexibility index (Phi) is 5.62. The van der Waals surface area contributed by atoms with E-state index in [1.807, 2.05) is 67.0 Å². The van der Waals surface area contributed by atoms with E-state index >= 15 is 0 Å². The first-order valence-electron chi connectivity index (χ1n) is 10.2. The van der Waals surface area contributed by atoms with Gasteiger partial charge < -0.3 is 5.73 Å². The van der Waals surface area contributed by atoms with Crippen LogP contribution in [0.5, 0.6) is 0 Å². The smallest absolute Gasteiger partial charge is 0.165 e. The first kappa shape index (κ1) is 20.5. The highest BCUT2D eigenvalue weighted by Crippen LogP contribution is 2.32. The number of anilines is 1. The summed E-state index contributed by atoms with van der Waals surface area (Å²) < 4.78 is 16.5. The zero-order valence-corrected chi connectivity index (χ0v) is 17.8. The predicted octanol–water partition coefficient (Wildman–Crippen LogP) is 6.04. The van der Waals surface area contributed by atoms with Gasteiger partial charge in [0.1, 0.15) is 17.2 Å². The Hall–Kier alpha value is -3.80. The molecule has 3 aromatic heterocycles. The average Bonchev–Trinajstić information content (AvgIpc) is 3.16. The molecule has 0 aliphatic heterocycles. The Labute approximate surface area is 180 Å². The molecule has 0 aliphatic rings. The second-order valence-corrected chi connectivity index (χ2v) is 7.24. The minimum absolute atomic E-state index is 0.299. The van der Waals surface area contributed by atoms with Gasteiger partial charge in [0.05, 0.1) is 11.3 Å². The molecule has 31 heavy (non-hydrogen) atoms. The topological polar surface area (TPSA) is 69.6 Å². The van der Waals surface area contributed by atoms with Crippen LogP contribution >= 0.6 is 0 Å². The highest BCUT2D eigenvalue weighted by atomic mass is 19.1. The molecule has 0 amide bonds. The molecular formula is C25H24FN5. The minimum Gasteiger partial charge on any atom is -0.383 e. The summed E-state index contributed by atoms with van der Waals surface area (Å²) in [6.07, 6.45) is 5.64. The Morgan fingerprint density at radius 3 is 2.55 bits per heavy atom. The molecule has 0 atom stereocenters. The number of aryl methyl sites for hydroxylation is 1. The van der Waals surface area contributed by atoms with E-state index in [2.05, 4.69) is 4.98 Å². The van der Waals surface area contributed by atoms with Gasteiger partial charge in [-0.3, -0.25) is 4.57 Å². The molecule has 6 heteroatoms. The van der Waals surface area contributed by atoms with Crippen LogP contribution in [0.15, 0.2) is 72.7 Å². The Morgan fingerprint density at radius 1 is 1.10 bits per heavy atom. The lowest BCUT2D eigenvalue weighted by atomic mass is 10.1. The van der Waals surface area contributed by atoms with Crippen molar-refractivity contribution in [3.05, 3.63) is 84.0 Å². The number of allylic oxidation sites excluding steroid dienone is 4. The standard InChI is InChI=1S/C25H24FN5/c1-4-7-18(20(26)5-2)21-13-14-22-25(29-21)31(17-11-9-16(3)10-12-17)24(30-22)19-8-6-15-28-23(19)27/h5-15H,4H2,1-3H3,(H2,27,28)/b18-7+,20-5+. The van der Waals surface area contributed by atoms with Gasteiger partial charge in [-0.1, -0.05) is 36.8 Å². The van der Waals surface area contributed by atoms with Gasteiger partial charge in [0.2, 0.25) is 0 Å². The fourth-order valence-corrected chi connectivity index (χ4v) is 3.52. The number of pyridine rings is 2. The lowest BCUT2D eigenvalue weighted by Gasteiger charge is -2.11. The maximum atomic E-state index is 14.6. The number of benzene rings is 1. The molecule has 0 saturated carbocycles. The third-order valence-corrected chi connectivity index (χ3v) is 5.07. The van der Waals surface area contributed by atoms with Crippen molar-refractivity contribution in [1.82, 2.24) is 19.5 Å². The summed E-state index contributed by atoms with van der Waals surface area (Å²) in [7, 11) is 0. The third-order valence-electron chi connectivity index (χ3n) is 5.07. The number of rotatable bonds is 5. The molecule has 0 saturated heterocycles. The van der Waals surface area contributed by atoms with Crippen molar-refractivity contribution in [1.29, 1.82) is 0 Å². The summed E-state index contributed by atoms with van der Waals surface area (Å²) in [5.41, 5.74) is 11.3. The maximum Gasteiger partial charge on any atom is 0.165 e. The van der Waals surface area contributed by atoms with Gasteiger partial charge in [0, 0.05) is 17.5 Å². The van der Waals surface area contributed by atoms with Crippen LogP contribution in [0.1, 0.15) is 31.5 Å². The van der Waals surface area contributed by atoms with Crippen LogP contribution in [0.25, 0.3) is 33.8 Å². The van der Waals surface area contributed by atoms with Gasteiger partial charge in [-0.2, -0.15) is 0 Å². The molecule has 4 aromatic rings. The molecule has 3 heterocycles. The first-order valence-corrected chi connectivity index (χ1v) is 10.2. The predicted molar refractivity (Wildman–Crippen MR) is 124 cm³/mol. The van der Waals surface area contributed by atoms with Crippen LogP contribution in [-0.4, -0.2) is 19.5 Å². The number of halogens is 1. The van der Waals surface area contributed by atoms with Crippen LogP contribution in [0.2, 0.25) is 0 Å². The van der Waals surface area contributed by atoms with Gasteiger partial charge in [0.15, 0.2) is 11.5 Å². The lowest BCUT2D eigenvalue weighted by Crippen LogP contribution is -2.02. The largest absolute Gasteiger partial charge is 0.383 e. The highest BCUT2D eigenvalue weighted by molar-refractivity contribution is 5.85. The van der Waals surface area contributed by atoms with Crippen molar-refractivity contribution in [3.63, 3.8) is 0 Å². The third kappa shape index (κ3) is 3.84. The minimum atomic E-state index is -0.299. The van der Waals surface area contributed by atoms with Gasteiger partial charge in [-0.25, -0.2) is 19.3 Å². The number of nitrogens with zero attached hydrogens (tertiary/aromatic N) is 4. The Balaban J connectivity index is 2.03. The number of hydrogen-bond acceptors (Lipinski definition) is 4. The summed E-state index contributed by atoms with van der Waals surface area (Å²) in [5.74, 6) is 0.728. The molecule has 0 fully saturated rings. The van der Waals surface area contributed by atoms with Gasteiger partial charge in [0.25, 0.3) is 0 Å². The van der Waals surface area contributed by atoms with Gasteiger partial charge in [-0.05, 0) is 56.7 Å². The number of nitrogens with two attached hydrogens (primary N) is 1. The summed E-state index contributed by atoms with van der Waals surface area (Å²) in [5, 5.41) is 0. The molecule has 0 bridgehead atoms. The Morgan fingerprint density at radius 2 is 1.87 bits per heavy atom. The van der Waals surface area contributed by atoms with Gasteiger partial charge >= 0.3 is 0 Å². The zero-order valence-electron chi connectivity index (χ0n) is 17.8. The fourth-order valence-electron chi connectivity index (χ4n) is 3.52. The van der Waals surface area contributed by atoms with Crippen molar-refractivity contribution in [2.45, 2.75) is 27.2 Å². The molecule has 1 aromatic carbocycles. The molecular weight excluding hydrogens is 389 g/mol. The van der Waals surface area contributed by atoms with E-state index in [0.717, 1.165) is 11.3 Å². The molecule has 4 rings (SSSR count). The van der Waals surface area contributed by atoms with Crippen LogP contribution in [0.4, 0.5) is 10.2 Å². The van der Waals surface area contributed by atoms with Crippen molar-refractivity contribution < 1.29 is 4.39 Å². The average molecular weight is 414 g/mol. The quantitative estimate of drug-likeness (QED) is 0.405. The van der Waals surface area contributed by atoms with Crippen LogP contribution in [0, 0.1) is 6.92 Å². The zero-order chi connectivity index (χ0) is 22.0. The molecule has 0 unspecified atom stereocenters. The summed E-state index contributed by atoms with van der Waals surface area (Å²) in [6.45, 7) is 5.69. The molecule has 0 radical (unpaired) electrons. The van der Waals surface area contributed by atoms with E-state index < -0.39 is 0 Å². The second kappa shape index (κ2) is 8.52. The lowest BCUT2D eigenvalue weighted by molar-refractivity contribution is 0.670. The summed E-state index contributed by atoms with van der Waals surface area (Å²) in [4.78, 5) is 13.9. The van der Waals surface area contributed by atoms with Gasteiger partial charge in [-0.15, -0.1) is 0 Å². The summed E-state index contributed by atoms with van der Waals surface area (Å²) >= 11 is 0. The molecule has 156 valence electrons. The van der Waals surface area contributed by atoms with E-state index in [9.17, 15) is 4.39 Å². The monoisotopic (exact) mass is 413 g/mol. The number of nitrogen functional groups attached to an aromatic ring is 1. The van der Waals surface area contributed by atoms with E-state index in [1.54, 1.807) is 19.2 Å². The second-order valence-electron chi connectivity index (χ2n) is 7.24. The van der Waals surface area contributed by atoms with E-state index in [-0.39, 0.29) is 5.83 Å². The fraction of sp³-hybridized carbons (Fsp3) is 0.160. The number of hydrogen-bond donors (Lipinski definition) is 1. The normalized spacial score (nSPS) is 12.5. The van der Waals surface area contributed by atoms with Crippen LogP contribution < -0.4 is 5.73 Å². The number of fused-ring (bicyclic) bond motifs is 1. The van der Waals surface area contributed by atoms with Crippen molar-refractivity contribution in [2.24, 2.45) is 0 Å². The highest BCUT2D eigenvalue weighted by Gasteiger charge is 2.19. The molecule has 0 spiro atoms. The first-order chi connectivity index (χ1) is 15.0. The van der Waals surface area contributed by atoms with E-state index in [0.29, 0.717) is 46.1 Å². The number of aromatic nitrogens is 4. The van der Waals surface area contributed by atoms with Crippen molar-refractivity contribution in [2.75, 3.05) is 5.73 Å². The SMILES string of the molecule is C/C=C(F)\C(=C/CC)c1ccc2nc(-c3cccnc3N)n(-c3ccc(C)cc3)c2n1. The summed E-state index contributed by atoms with van der Waals surface area (Å²) in [6, 6.07) is 15.5. The van der Waals surface area contributed by atoms with Crippen LogP contribution in [-0.2, 0) is 0 Å². The number of imidazole rings is 1. The van der Waals surface area contributed by atoms with E-state index in [1.165, 1.54) is 6.08 Å². The molecule has 0 aliphatic carbocycles. The van der Waals surface area contributed by atoms with Crippen LogP contribution in [0.3, 0.4) is 0 Å². The van der Waals surface area contributed by atoms with Crippen molar-refractivity contribution >= 4 is 22.6 Å². The van der Waals surface area contributed by atoms with E-state index in [4.69, 9.17) is 15.7 Å². The molecule has 5 nitrogen and oxygen atoms in total.